The zero-order chi connectivity index (χ0) is 50.7. The smallest absolute Gasteiger partial charge is 0.446 e. The number of allylic oxidation sites excluding steroid dienone is 1. The van der Waals surface area contributed by atoms with Gasteiger partial charge >= 0.3 is 11.7 Å². The molecule has 0 saturated carbocycles. The number of hydrogen-bond acceptors (Lipinski definition) is 13. The van der Waals surface area contributed by atoms with Crippen LogP contribution in [0.15, 0.2) is 117 Å². The van der Waals surface area contributed by atoms with E-state index >= 15 is 0 Å². The third kappa shape index (κ3) is 16.1. The van der Waals surface area contributed by atoms with Crippen molar-refractivity contribution in [3.05, 3.63) is 114 Å². The van der Waals surface area contributed by atoms with E-state index in [1.807, 2.05) is 42.5 Å². The van der Waals surface area contributed by atoms with Gasteiger partial charge < -0.3 is 20.2 Å². The number of rotatable bonds is 16. The van der Waals surface area contributed by atoms with Crippen LogP contribution >= 0.6 is 23.5 Å². The summed E-state index contributed by atoms with van der Waals surface area (Å²) < 4.78 is 71.6. The fourth-order valence-corrected chi connectivity index (χ4v) is 11.9. The predicted octanol–water partition coefficient (Wildman–Crippen LogP) is 9.70. The number of piperazine rings is 2. The van der Waals surface area contributed by atoms with Crippen LogP contribution in [-0.2, 0) is 19.6 Å². The van der Waals surface area contributed by atoms with Crippen LogP contribution in [0.2, 0.25) is 0 Å². The molecule has 7 rings (SSSR count). The molecule has 2 saturated heterocycles. The Bertz CT molecular complexity index is 2540. The van der Waals surface area contributed by atoms with Gasteiger partial charge in [-0.15, -0.1) is 11.8 Å². The van der Waals surface area contributed by atoms with Gasteiger partial charge in [-0.2, -0.15) is 22.8 Å². The molecule has 4 aromatic carbocycles. The number of nitrogens with one attached hydrogen (secondary N) is 2. The predicted molar refractivity (Wildman–Crippen MR) is 273 cm³/mol. The topological polar surface area (TPSA) is 143 Å². The highest BCUT2D eigenvalue weighted by Crippen LogP contribution is 2.44. The summed E-state index contributed by atoms with van der Waals surface area (Å²) in [5.74, 6) is -0.0381. The molecule has 0 radical (unpaired) electrons. The van der Waals surface area contributed by atoms with Gasteiger partial charge in [0, 0.05) is 110 Å². The normalized spacial score (nSPS) is 17.8. The van der Waals surface area contributed by atoms with E-state index in [1.54, 1.807) is 48.2 Å². The van der Waals surface area contributed by atoms with Crippen molar-refractivity contribution in [2.75, 3.05) is 81.4 Å². The maximum atomic E-state index is 14.1. The lowest BCUT2D eigenvalue weighted by Gasteiger charge is -2.42. The van der Waals surface area contributed by atoms with Gasteiger partial charge in [-0.3, -0.25) is 14.6 Å². The number of aromatic hydroxyl groups is 1. The van der Waals surface area contributed by atoms with E-state index in [0.717, 1.165) is 101 Å². The summed E-state index contributed by atoms with van der Waals surface area (Å²) in [5.41, 5.74) is 0.777. The second-order valence-electron chi connectivity index (χ2n) is 19.8. The standard InChI is InChI=1S/C51H65F3N6O4S3.CO2/c1-49(2,3)60-31-27-57(28-32-60)24-22-40(36-65-43-9-7-6-8-10-43)55-46-20-19-44(33-47(46)66-51(52,53)54)67(63,64)56-48(62)38-11-15-41(16-12-38)59-29-25-58(26-30-59)35-39-34-50(4,5)23-21-45(39)37-13-17-42(61)18-14-37;2-1-3/h6-20,33,40,55,61H,21-32,34-36H2,1-5H3,(H,56,62);/t40-;/m1./s1. The fourth-order valence-electron chi connectivity index (χ4n) is 9.18. The Morgan fingerprint density at radius 2 is 1.47 bits per heavy atom. The second-order valence-corrected chi connectivity index (χ2v) is 23.6. The molecule has 1 amide bonds. The Hall–Kier alpha value is -4.81. The largest absolute Gasteiger partial charge is 0.508 e. The molecule has 378 valence electrons. The Labute approximate surface area is 419 Å². The van der Waals surface area contributed by atoms with Crippen molar-refractivity contribution in [3.63, 3.8) is 0 Å². The molecule has 1 atom stereocenters. The molecule has 18 heteroatoms. The first kappa shape index (κ1) is 54.5. The Kier molecular flexibility index (Phi) is 18.7. The average molecular weight is 1020 g/mol. The van der Waals surface area contributed by atoms with Gasteiger partial charge in [0.1, 0.15) is 5.75 Å². The zero-order valence-electron chi connectivity index (χ0n) is 40.6. The molecule has 2 fully saturated rings. The highest BCUT2D eigenvalue weighted by atomic mass is 32.2. The van der Waals surface area contributed by atoms with Gasteiger partial charge in [-0.25, -0.2) is 13.1 Å². The summed E-state index contributed by atoms with van der Waals surface area (Å²) in [6.45, 7) is 19.8. The average Bonchev–Trinajstić information content (AvgIpc) is 3.30. The maximum absolute atomic E-state index is 14.1. The molecular weight excluding hydrogens is 958 g/mol. The van der Waals surface area contributed by atoms with Crippen molar-refractivity contribution in [1.82, 2.24) is 19.4 Å². The number of carbonyl (C=O) groups is 1. The molecule has 70 heavy (non-hydrogen) atoms. The number of benzene rings is 4. The van der Waals surface area contributed by atoms with Crippen LogP contribution in [-0.4, -0.2) is 129 Å². The van der Waals surface area contributed by atoms with Gasteiger partial charge in [0.15, 0.2) is 0 Å². The summed E-state index contributed by atoms with van der Waals surface area (Å²) in [5, 5.41) is 13.2. The first-order valence-electron chi connectivity index (χ1n) is 23.6. The lowest BCUT2D eigenvalue weighted by molar-refractivity contribution is -0.191. The van der Waals surface area contributed by atoms with Gasteiger partial charge in [0.05, 0.1) is 4.90 Å². The molecule has 2 heterocycles. The van der Waals surface area contributed by atoms with Crippen LogP contribution in [0.1, 0.15) is 76.2 Å². The van der Waals surface area contributed by atoms with E-state index in [0.29, 0.717) is 12.2 Å². The fraction of sp³-hybridized carbons (Fsp3) is 0.462. The monoisotopic (exact) mass is 1020 g/mol. The van der Waals surface area contributed by atoms with Crippen molar-refractivity contribution in [2.45, 2.75) is 92.1 Å². The van der Waals surface area contributed by atoms with Crippen LogP contribution in [0.25, 0.3) is 5.57 Å². The molecule has 1 aliphatic carbocycles. The molecule has 3 aliphatic rings. The highest BCUT2D eigenvalue weighted by Gasteiger charge is 2.33. The number of hydrogen-bond donors (Lipinski definition) is 3. The third-order valence-corrected chi connectivity index (χ3v) is 16.3. The number of alkyl halides is 3. The molecule has 2 aliphatic heterocycles. The van der Waals surface area contributed by atoms with Crippen LogP contribution < -0.4 is 14.9 Å². The van der Waals surface area contributed by atoms with E-state index in [-0.39, 0.29) is 56.8 Å². The molecule has 4 aromatic rings. The summed E-state index contributed by atoms with van der Waals surface area (Å²) in [6.07, 6.45) is 4.05. The number of anilines is 2. The van der Waals surface area contributed by atoms with E-state index in [2.05, 4.69) is 64.3 Å². The quantitative estimate of drug-likeness (QED) is 0.0918. The molecular formula is C52H65F3N6O6S3. The number of halogens is 3. The summed E-state index contributed by atoms with van der Waals surface area (Å²) >= 11 is 1.23. The van der Waals surface area contributed by atoms with Crippen molar-refractivity contribution < 1.29 is 41.1 Å². The number of thioether (sulfide) groups is 2. The van der Waals surface area contributed by atoms with Gasteiger partial charge in [-0.05, 0) is 141 Å². The molecule has 12 nitrogen and oxygen atoms in total. The first-order chi connectivity index (χ1) is 33.1. The van der Waals surface area contributed by atoms with Crippen LogP contribution in [0.4, 0.5) is 24.5 Å². The van der Waals surface area contributed by atoms with Gasteiger partial charge in [-0.1, -0.05) is 49.8 Å². The summed E-state index contributed by atoms with van der Waals surface area (Å²) in [6, 6.07) is 27.4. The van der Waals surface area contributed by atoms with E-state index in [1.165, 1.54) is 28.8 Å². The third-order valence-electron chi connectivity index (χ3n) is 13.1. The van der Waals surface area contributed by atoms with Crippen LogP contribution in [0, 0.1) is 5.41 Å². The minimum absolute atomic E-state index is 0.0788. The number of phenols is 1. The number of phenolic OH excluding ortho intramolecular Hbond substituents is 1. The van der Waals surface area contributed by atoms with Crippen molar-refractivity contribution in [2.24, 2.45) is 5.41 Å². The number of amides is 1. The SMILES string of the molecule is CC1(C)CCC(c2ccc(O)cc2)=C(CN2CCN(c3ccc(C(=O)NS(=O)(=O)c4ccc(N[C@H](CCN5CCN(C(C)(C)C)CC5)CSc5ccccc5)c(SC(F)(F)F)c4)cc3)CC2)C1.O=C=O. The number of carbonyl (C=O) groups excluding carboxylic acids is 3. The lowest BCUT2D eigenvalue weighted by Crippen LogP contribution is -2.53. The first-order valence-corrected chi connectivity index (χ1v) is 26.9. The lowest BCUT2D eigenvalue weighted by atomic mass is 9.72. The minimum Gasteiger partial charge on any atom is -0.508 e. The highest BCUT2D eigenvalue weighted by molar-refractivity contribution is 8.00. The number of sulfonamides is 1. The van der Waals surface area contributed by atoms with E-state index < -0.39 is 26.3 Å². The molecule has 0 bridgehead atoms. The van der Waals surface area contributed by atoms with Crippen molar-refractivity contribution in [3.8, 4) is 5.75 Å². The summed E-state index contributed by atoms with van der Waals surface area (Å²) in [4.78, 5) is 39.5. The Morgan fingerprint density at radius 3 is 2.09 bits per heavy atom. The maximum Gasteiger partial charge on any atom is 0.446 e. The summed E-state index contributed by atoms with van der Waals surface area (Å²) in [7, 11) is -4.55. The minimum atomic E-state index is -4.69. The Morgan fingerprint density at radius 1 is 0.843 bits per heavy atom. The van der Waals surface area contributed by atoms with Crippen LogP contribution in [0.5, 0.6) is 5.75 Å². The zero-order valence-corrected chi connectivity index (χ0v) is 43.0. The van der Waals surface area contributed by atoms with E-state index in [9.17, 15) is 31.5 Å². The van der Waals surface area contributed by atoms with Crippen LogP contribution in [0.3, 0.4) is 0 Å². The molecule has 0 aromatic heterocycles. The molecule has 0 unspecified atom stereocenters. The van der Waals surface area contributed by atoms with Gasteiger partial charge in [0.2, 0.25) is 0 Å². The second kappa shape index (κ2) is 24.1. The molecule has 0 spiro atoms. The Balaban J connectivity index is 0.00000261. The van der Waals surface area contributed by atoms with Crippen molar-refractivity contribution >= 4 is 62.6 Å². The van der Waals surface area contributed by atoms with Crippen molar-refractivity contribution in [1.29, 1.82) is 0 Å². The molecule has 3 N–H and O–H groups in total. The number of nitrogens with zero attached hydrogens (tertiary/aromatic N) is 4. The van der Waals surface area contributed by atoms with Gasteiger partial charge in [0.25, 0.3) is 15.9 Å². The van der Waals surface area contributed by atoms with E-state index in [4.69, 9.17) is 9.59 Å².